The number of non-ortho nitro benzene ring substituents is 1. The van der Waals surface area contributed by atoms with E-state index in [1.54, 1.807) is 26.0 Å². The molecule has 0 unspecified atom stereocenters. The molecule has 2 aromatic carbocycles. The van der Waals surface area contributed by atoms with Crippen molar-refractivity contribution >= 4 is 17.4 Å². The average Bonchev–Trinajstić information content (AvgIpc) is 2.56. The lowest BCUT2D eigenvalue weighted by Crippen LogP contribution is -2.31. The Labute approximate surface area is 148 Å². The topological polar surface area (TPSA) is 93.5 Å². The molecule has 0 aromatic heterocycles. The summed E-state index contributed by atoms with van der Waals surface area (Å²) in [6.07, 6.45) is 0. The van der Waals surface area contributed by atoms with E-state index in [0.29, 0.717) is 16.8 Å². The smallest absolute Gasteiger partial charge is 0.387 e. The van der Waals surface area contributed by atoms with Gasteiger partial charge in [0.1, 0.15) is 5.75 Å². The van der Waals surface area contributed by atoms with Crippen LogP contribution in [-0.2, 0) is 0 Å². The number of carbonyl (C=O) groups excluding carboxylic acids is 1. The third-order valence-electron chi connectivity index (χ3n) is 3.60. The first kappa shape index (κ1) is 19.1. The number of ether oxygens (including phenoxy) is 1. The van der Waals surface area contributed by atoms with Gasteiger partial charge in [0.2, 0.25) is 0 Å². The number of amides is 2. The highest BCUT2D eigenvalue weighted by Crippen LogP contribution is 2.23. The summed E-state index contributed by atoms with van der Waals surface area (Å²) in [6, 6.07) is 9.08. The number of rotatable bonds is 6. The summed E-state index contributed by atoms with van der Waals surface area (Å²) in [5.41, 5.74) is 1.47. The zero-order valence-corrected chi connectivity index (χ0v) is 14.0. The van der Waals surface area contributed by atoms with Gasteiger partial charge in [0, 0.05) is 17.8 Å². The Hall–Kier alpha value is -3.23. The van der Waals surface area contributed by atoms with Crippen LogP contribution in [0.25, 0.3) is 0 Å². The maximum absolute atomic E-state index is 12.3. The van der Waals surface area contributed by atoms with E-state index in [2.05, 4.69) is 15.4 Å². The predicted molar refractivity (Wildman–Crippen MR) is 91.5 cm³/mol. The Morgan fingerprint density at radius 1 is 1.23 bits per heavy atom. The summed E-state index contributed by atoms with van der Waals surface area (Å²) in [6.45, 7) is 0.392. The molecule has 0 aliphatic carbocycles. The fraction of sp³-hybridized carbons (Fsp3) is 0.235. The van der Waals surface area contributed by atoms with E-state index in [0.717, 1.165) is 0 Å². The summed E-state index contributed by atoms with van der Waals surface area (Å²) in [7, 11) is 0. The molecule has 0 aliphatic rings. The molecule has 0 fully saturated rings. The van der Waals surface area contributed by atoms with Crippen molar-refractivity contribution in [3.63, 3.8) is 0 Å². The molecule has 0 heterocycles. The van der Waals surface area contributed by atoms with Gasteiger partial charge < -0.3 is 15.4 Å². The van der Waals surface area contributed by atoms with Crippen LogP contribution in [0.3, 0.4) is 0 Å². The van der Waals surface area contributed by atoms with Gasteiger partial charge in [-0.15, -0.1) is 0 Å². The third-order valence-corrected chi connectivity index (χ3v) is 3.60. The molecule has 9 heteroatoms. The maximum Gasteiger partial charge on any atom is 0.387 e. The first-order valence-corrected chi connectivity index (χ1v) is 7.63. The molecule has 7 nitrogen and oxygen atoms in total. The zero-order valence-electron chi connectivity index (χ0n) is 14.0. The van der Waals surface area contributed by atoms with Gasteiger partial charge >= 0.3 is 12.6 Å². The molecule has 2 rings (SSSR count). The van der Waals surface area contributed by atoms with Crippen molar-refractivity contribution in [1.82, 2.24) is 5.32 Å². The number of nitrogens with one attached hydrogen (secondary N) is 2. The van der Waals surface area contributed by atoms with Crippen molar-refractivity contribution in [1.29, 1.82) is 0 Å². The summed E-state index contributed by atoms with van der Waals surface area (Å²) in [5, 5.41) is 16.0. The monoisotopic (exact) mass is 365 g/mol. The summed E-state index contributed by atoms with van der Waals surface area (Å²) < 4.78 is 28.9. The van der Waals surface area contributed by atoms with Gasteiger partial charge in [0.05, 0.1) is 11.0 Å². The number of carbonyl (C=O) groups is 1. The molecule has 0 saturated heterocycles. The molecule has 1 atom stereocenters. The number of aryl methyl sites for hydroxylation is 1. The number of hydrogen-bond donors (Lipinski definition) is 2. The Kier molecular flexibility index (Phi) is 6.05. The van der Waals surface area contributed by atoms with Crippen LogP contribution in [0.4, 0.5) is 25.0 Å². The van der Waals surface area contributed by atoms with E-state index >= 15 is 0 Å². The van der Waals surface area contributed by atoms with E-state index in [9.17, 15) is 23.7 Å². The zero-order chi connectivity index (χ0) is 19.3. The summed E-state index contributed by atoms with van der Waals surface area (Å²) in [5.74, 6) is -0.00206. The number of halogens is 2. The molecule has 0 bridgehead atoms. The SMILES string of the molecule is Cc1cc([N+](=O)[O-])ccc1NC(=O)N[C@@H](C)c1cccc(OC(F)F)c1. The van der Waals surface area contributed by atoms with Gasteiger partial charge in [-0.1, -0.05) is 12.1 Å². The van der Waals surface area contributed by atoms with Crippen LogP contribution in [0.1, 0.15) is 24.1 Å². The molecule has 0 spiro atoms. The van der Waals surface area contributed by atoms with Crippen molar-refractivity contribution < 1.29 is 23.2 Å². The number of urea groups is 1. The lowest BCUT2D eigenvalue weighted by molar-refractivity contribution is -0.384. The molecule has 2 amide bonds. The Morgan fingerprint density at radius 2 is 1.96 bits per heavy atom. The van der Waals surface area contributed by atoms with Gasteiger partial charge in [-0.05, 0) is 43.2 Å². The number of hydrogen-bond acceptors (Lipinski definition) is 4. The van der Waals surface area contributed by atoms with Crippen LogP contribution in [0, 0.1) is 17.0 Å². The Morgan fingerprint density at radius 3 is 2.58 bits per heavy atom. The normalized spacial score (nSPS) is 11.7. The van der Waals surface area contributed by atoms with Gasteiger partial charge in [0.15, 0.2) is 0 Å². The summed E-state index contributed by atoms with van der Waals surface area (Å²) in [4.78, 5) is 22.3. The minimum Gasteiger partial charge on any atom is -0.435 e. The molecule has 26 heavy (non-hydrogen) atoms. The largest absolute Gasteiger partial charge is 0.435 e. The van der Waals surface area contributed by atoms with Gasteiger partial charge in [-0.3, -0.25) is 10.1 Å². The van der Waals surface area contributed by atoms with E-state index < -0.39 is 23.6 Å². The highest BCUT2D eigenvalue weighted by Gasteiger charge is 2.14. The number of anilines is 1. The number of benzene rings is 2. The van der Waals surface area contributed by atoms with Crippen LogP contribution in [0.2, 0.25) is 0 Å². The first-order chi connectivity index (χ1) is 12.3. The Balaban J connectivity index is 2.02. The highest BCUT2D eigenvalue weighted by molar-refractivity contribution is 5.90. The lowest BCUT2D eigenvalue weighted by Gasteiger charge is -2.16. The molecule has 2 aromatic rings. The van der Waals surface area contributed by atoms with E-state index in [4.69, 9.17) is 0 Å². The average molecular weight is 365 g/mol. The van der Waals surface area contributed by atoms with E-state index in [-0.39, 0.29) is 11.4 Å². The van der Waals surface area contributed by atoms with Gasteiger partial charge in [-0.2, -0.15) is 8.78 Å². The second-order valence-electron chi connectivity index (χ2n) is 5.53. The fourth-order valence-electron chi connectivity index (χ4n) is 2.30. The van der Waals surface area contributed by atoms with Crippen molar-refractivity contribution in [3.8, 4) is 5.75 Å². The minimum atomic E-state index is -2.93. The quantitative estimate of drug-likeness (QED) is 0.586. The number of nitro benzene ring substituents is 1. The van der Waals surface area contributed by atoms with E-state index in [1.807, 2.05) is 0 Å². The van der Waals surface area contributed by atoms with Crippen LogP contribution < -0.4 is 15.4 Å². The minimum absolute atomic E-state index is 0.00206. The van der Waals surface area contributed by atoms with Crippen LogP contribution in [0.15, 0.2) is 42.5 Å². The molecule has 0 aliphatic heterocycles. The molecule has 2 N–H and O–H groups in total. The molecular weight excluding hydrogens is 348 g/mol. The molecule has 138 valence electrons. The van der Waals surface area contributed by atoms with Crippen molar-refractivity contribution in [2.45, 2.75) is 26.5 Å². The highest BCUT2D eigenvalue weighted by atomic mass is 19.3. The molecule has 0 saturated carbocycles. The Bertz CT molecular complexity index is 814. The molecule has 0 radical (unpaired) electrons. The van der Waals surface area contributed by atoms with Crippen molar-refractivity contribution in [2.24, 2.45) is 0 Å². The fourth-order valence-corrected chi connectivity index (χ4v) is 2.30. The summed E-state index contributed by atoms with van der Waals surface area (Å²) >= 11 is 0. The standard InChI is InChI=1S/C17H17F2N3O4/c1-10-8-13(22(24)25)6-7-15(10)21-17(23)20-11(2)12-4-3-5-14(9-12)26-16(18)19/h3-9,11,16H,1-2H3,(H2,20,21,23)/t11-/m0/s1. The van der Waals surface area contributed by atoms with Crippen LogP contribution in [0.5, 0.6) is 5.75 Å². The number of nitro groups is 1. The predicted octanol–water partition coefficient (Wildman–Crippen LogP) is 4.39. The first-order valence-electron chi connectivity index (χ1n) is 7.63. The van der Waals surface area contributed by atoms with Crippen LogP contribution in [-0.4, -0.2) is 17.6 Å². The maximum atomic E-state index is 12.3. The number of nitrogens with zero attached hydrogens (tertiary/aromatic N) is 1. The van der Waals surface area contributed by atoms with Gasteiger partial charge in [-0.25, -0.2) is 4.79 Å². The van der Waals surface area contributed by atoms with Crippen molar-refractivity contribution in [2.75, 3.05) is 5.32 Å². The second-order valence-corrected chi connectivity index (χ2v) is 5.53. The third kappa shape index (κ3) is 5.13. The van der Waals surface area contributed by atoms with Gasteiger partial charge in [0.25, 0.3) is 5.69 Å². The van der Waals surface area contributed by atoms with Crippen molar-refractivity contribution in [3.05, 3.63) is 63.7 Å². The van der Waals surface area contributed by atoms with Crippen LogP contribution >= 0.6 is 0 Å². The number of alkyl halides is 2. The second kappa shape index (κ2) is 8.24. The lowest BCUT2D eigenvalue weighted by atomic mass is 10.1. The van der Waals surface area contributed by atoms with E-state index in [1.165, 1.54) is 30.3 Å². The molecular formula is C17H17F2N3O4.